The molecule has 6 heteroatoms. The summed E-state index contributed by atoms with van der Waals surface area (Å²) in [5, 5.41) is 8.89. The van der Waals surface area contributed by atoms with Crippen molar-refractivity contribution in [2.24, 2.45) is 0 Å². The van der Waals surface area contributed by atoms with Crippen LogP contribution in [0.15, 0.2) is 36.4 Å². The molecule has 104 valence electrons. The highest BCUT2D eigenvalue weighted by Crippen LogP contribution is 2.31. The SMILES string of the molecule is Cc1nc(-c2cccc(C(F)(F)F)c2)ccc1C(=O)O. The Kier molecular flexibility index (Phi) is 3.48. The number of nitrogens with zero attached hydrogens (tertiary/aromatic N) is 1. The van der Waals surface area contributed by atoms with Gasteiger partial charge in [-0.25, -0.2) is 4.79 Å². The quantitative estimate of drug-likeness (QED) is 0.911. The normalized spacial score (nSPS) is 11.4. The number of hydrogen-bond acceptors (Lipinski definition) is 2. The second kappa shape index (κ2) is 4.96. The van der Waals surface area contributed by atoms with Crippen LogP contribution in [0.2, 0.25) is 0 Å². The monoisotopic (exact) mass is 281 g/mol. The number of carboxylic acid groups (broad SMARTS) is 1. The Bertz CT molecular complexity index is 666. The van der Waals surface area contributed by atoms with Crippen LogP contribution >= 0.6 is 0 Å². The fourth-order valence-corrected chi connectivity index (χ4v) is 1.80. The van der Waals surface area contributed by atoms with Crippen LogP contribution in [0.5, 0.6) is 0 Å². The van der Waals surface area contributed by atoms with Crippen molar-refractivity contribution in [3.63, 3.8) is 0 Å². The molecule has 0 bridgehead atoms. The number of aromatic carboxylic acids is 1. The van der Waals surface area contributed by atoms with Gasteiger partial charge in [-0.1, -0.05) is 12.1 Å². The third-order valence-electron chi connectivity index (χ3n) is 2.80. The van der Waals surface area contributed by atoms with Gasteiger partial charge in [0.1, 0.15) is 0 Å². The summed E-state index contributed by atoms with van der Waals surface area (Å²) in [6.45, 7) is 1.50. The van der Waals surface area contributed by atoms with Crippen molar-refractivity contribution in [2.45, 2.75) is 13.1 Å². The maximum Gasteiger partial charge on any atom is 0.416 e. The highest BCUT2D eigenvalue weighted by Gasteiger charge is 2.30. The molecule has 1 N–H and O–H groups in total. The zero-order valence-electron chi connectivity index (χ0n) is 10.4. The molecule has 0 aliphatic heterocycles. The average Bonchev–Trinajstić information content (AvgIpc) is 2.37. The minimum absolute atomic E-state index is 0.0284. The van der Waals surface area contributed by atoms with Crippen molar-refractivity contribution < 1.29 is 23.1 Å². The zero-order chi connectivity index (χ0) is 14.9. The molecule has 0 radical (unpaired) electrons. The van der Waals surface area contributed by atoms with Gasteiger partial charge in [0.25, 0.3) is 0 Å². The van der Waals surface area contributed by atoms with Gasteiger partial charge in [-0.3, -0.25) is 4.98 Å². The topological polar surface area (TPSA) is 50.2 Å². The third kappa shape index (κ3) is 2.79. The maximum atomic E-state index is 12.6. The highest BCUT2D eigenvalue weighted by atomic mass is 19.4. The minimum Gasteiger partial charge on any atom is -0.478 e. The molecule has 0 aliphatic carbocycles. The lowest BCUT2D eigenvalue weighted by atomic mass is 10.1. The number of alkyl halides is 3. The lowest BCUT2D eigenvalue weighted by Gasteiger charge is -2.09. The van der Waals surface area contributed by atoms with E-state index in [4.69, 9.17) is 5.11 Å². The Morgan fingerprint density at radius 2 is 1.90 bits per heavy atom. The Hall–Kier alpha value is -2.37. The smallest absolute Gasteiger partial charge is 0.416 e. The molecule has 3 nitrogen and oxygen atoms in total. The summed E-state index contributed by atoms with van der Waals surface area (Å²) in [6, 6.07) is 7.48. The number of aryl methyl sites for hydroxylation is 1. The lowest BCUT2D eigenvalue weighted by molar-refractivity contribution is -0.137. The van der Waals surface area contributed by atoms with Crippen molar-refractivity contribution in [3.8, 4) is 11.3 Å². The number of carboxylic acids is 1. The van der Waals surface area contributed by atoms with Gasteiger partial charge in [0.2, 0.25) is 0 Å². The van der Waals surface area contributed by atoms with Gasteiger partial charge < -0.3 is 5.11 Å². The maximum absolute atomic E-state index is 12.6. The highest BCUT2D eigenvalue weighted by molar-refractivity contribution is 5.89. The summed E-state index contributed by atoms with van der Waals surface area (Å²) in [4.78, 5) is 14.9. The molecule has 1 heterocycles. The van der Waals surface area contributed by atoms with Gasteiger partial charge in [0.05, 0.1) is 22.5 Å². The molecule has 0 spiro atoms. The molecule has 0 atom stereocenters. The second-order valence-electron chi connectivity index (χ2n) is 4.21. The Labute approximate surface area is 112 Å². The number of pyridine rings is 1. The lowest BCUT2D eigenvalue weighted by Crippen LogP contribution is -2.05. The zero-order valence-corrected chi connectivity index (χ0v) is 10.4. The molecule has 0 aliphatic rings. The Balaban J connectivity index is 2.47. The summed E-state index contributed by atoms with van der Waals surface area (Å²) in [5.41, 5.74) is 0.114. The van der Waals surface area contributed by atoms with E-state index in [1.807, 2.05) is 0 Å². The predicted octanol–water partition coefficient (Wildman–Crippen LogP) is 3.77. The summed E-state index contributed by atoms with van der Waals surface area (Å²) in [7, 11) is 0. The molecular weight excluding hydrogens is 271 g/mol. The first-order valence-electron chi connectivity index (χ1n) is 5.67. The van der Waals surface area contributed by atoms with E-state index in [1.165, 1.54) is 31.2 Å². The third-order valence-corrected chi connectivity index (χ3v) is 2.80. The van der Waals surface area contributed by atoms with Crippen molar-refractivity contribution in [3.05, 3.63) is 53.2 Å². The van der Waals surface area contributed by atoms with Gasteiger partial charge in [-0.15, -0.1) is 0 Å². The Morgan fingerprint density at radius 3 is 2.45 bits per heavy atom. The van der Waals surface area contributed by atoms with E-state index in [9.17, 15) is 18.0 Å². The standard InChI is InChI=1S/C14H10F3NO2/c1-8-11(13(19)20)5-6-12(18-8)9-3-2-4-10(7-9)14(15,16)17/h2-7H,1H3,(H,19,20). The van der Waals surface area contributed by atoms with E-state index >= 15 is 0 Å². The van der Waals surface area contributed by atoms with Crippen molar-refractivity contribution >= 4 is 5.97 Å². The molecule has 0 fully saturated rings. The predicted molar refractivity (Wildman–Crippen MR) is 66.4 cm³/mol. The first-order chi connectivity index (χ1) is 9.29. The fraction of sp³-hybridized carbons (Fsp3) is 0.143. The first-order valence-corrected chi connectivity index (χ1v) is 5.67. The number of benzene rings is 1. The van der Waals surface area contributed by atoms with Crippen LogP contribution in [0.1, 0.15) is 21.6 Å². The van der Waals surface area contributed by atoms with Gasteiger partial charge in [-0.2, -0.15) is 13.2 Å². The van der Waals surface area contributed by atoms with E-state index in [2.05, 4.69) is 4.98 Å². The molecule has 0 saturated carbocycles. The van der Waals surface area contributed by atoms with E-state index in [0.29, 0.717) is 11.3 Å². The number of rotatable bonds is 2. The van der Waals surface area contributed by atoms with E-state index in [1.54, 1.807) is 0 Å². The number of hydrogen-bond donors (Lipinski definition) is 1. The van der Waals surface area contributed by atoms with E-state index < -0.39 is 17.7 Å². The second-order valence-corrected chi connectivity index (χ2v) is 4.21. The molecule has 2 aromatic rings. The van der Waals surface area contributed by atoms with Crippen LogP contribution in [0, 0.1) is 6.92 Å². The molecular formula is C14H10F3NO2. The number of carbonyl (C=O) groups is 1. The van der Waals surface area contributed by atoms with Crippen LogP contribution in [-0.4, -0.2) is 16.1 Å². The average molecular weight is 281 g/mol. The molecule has 1 aromatic heterocycles. The first kappa shape index (κ1) is 14.0. The molecule has 0 unspecified atom stereocenters. The van der Waals surface area contributed by atoms with Crippen molar-refractivity contribution in [2.75, 3.05) is 0 Å². The number of aromatic nitrogens is 1. The largest absolute Gasteiger partial charge is 0.478 e. The molecule has 0 saturated heterocycles. The van der Waals surface area contributed by atoms with Crippen LogP contribution in [0.25, 0.3) is 11.3 Å². The van der Waals surface area contributed by atoms with Crippen molar-refractivity contribution in [1.82, 2.24) is 4.98 Å². The van der Waals surface area contributed by atoms with Gasteiger partial charge in [-0.05, 0) is 31.2 Å². The molecule has 2 rings (SSSR count). The van der Waals surface area contributed by atoms with E-state index in [-0.39, 0.29) is 11.3 Å². The van der Waals surface area contributed by atoms with Crippen LogP contribution in [-0.2, 0) is 6.18 Å². The summed E-state index contributed by atoms with van der Waals surface area (Å²) < 4.78 is 37.9. The fourth-order valence-electron chi connectivity index (χ4n) is 1.80. The van der Waals surface area contributed by atoms with Crippen LogP contribution in [0.4, 0.5) is 13.2 Å². The summed E-state index contributed by atoms with van der Waals surface area (Å²) in [5.74, 6) is -1.12. The van der Waals surface area contributed by atoms with Crippen molar-refractivity contribution in [1.29, 1.82) is 0 Å². The van der Waals surface area contributed by atoms with E-state index in [0.717, 1.165) is 12.1 Å². The summed E-state index contributed by atoms with van der Waals surface area (Å²) in [6.07, 6.45) is -4.42. The van der Waals surface area contributed by atoms with Gasteiger partial charge in [0, 0.05) is 5.56 Å². The summed E-state index contributed by atoms with van der Waals surface area (Å²) >= 11 is 0. The van der Waals surface area contributed by atoms with Crippen LogP contribution < -0.4 is 0 Å². The van der Waals surface area contributed by atoms with Crippen LogP contribution in [0.3, 0.4) is 0 Å². The minimum atomic E-state index is -4.42. The molecule has 1 aromatic carbocycles. The molecule has 20 heavy (non-hydrogen) atoms. The molecule has 0 amide bonds. The number of halogens is 3. The van der Waals surface area contributed by atoms with Gasteiger partial charge >= 0.3 is 12.1 Å². The van der Waals surface area contributed by atoms with Gasteiger partial charge in [0.15, 0.2) is 0 Å². The Morgan fingerprint density at radius 1 is 1.20 bits per heavy atom.